The van der Waals surface area contributed by atoms with Crippen molar-refractivity contribution in [1.29, 1.82) is 0 Å². The monoisotopic (exact) mass is 436 g/mol. The third-order valence-electron chi connectivity index (χ3n) is 6.43. The number of nitrogens with zero attached hydrogens (tertiary/aromatic N) is 3. The maximum absolute atomic E-state index is 13.2. The number of para-hydroxylation sites is 1. The molecule has 2 fully saturated rings. The number of amides is 2. The Morgan fingerprint density at radius 1 is 0.938 bits per heavy atom. The number of piperidine rings is 1. The van der Waals surface area contributed by atoms with E-state index in [1.165, 1.54) is 0 Å². The van der Waals surface area contributed by atoms with Gasteiger partial charge < -0.3 is 24.8 Å². The molecule has 2 heterocycles. The molecule has 0 saturated carbocycles. The quantitative estimate of drug-likeness (QED) is 0.780. The molecule has 0 spiro atoms. The van der Waals surface area contributed by atoms with Crippen LogP contribution >= 0.6 is 0 Å². The van der Waals surface area contributed by atoms with Gasteiger partial charge in [0.05, 0.1) is 12.7 Å². The number of anilines is 1. The largest absolute Gasteiger partial charge is 0.497 e. The molecule has 2 aromatic carbocycles. The summed E-state index contributed by atoms with van der Waals surface area (Å²) in [7, 11) is 3.69. The molecule has 0 aliphatic carbocycles. The SMILES string of the molecule is COc1cccc(C(=O)NC2CCN(c3ccccc3C(=O)N3CCN(C)CC3)CC2)c1. The van der Waals surface area contributed by atoms with Gasteiger partial charge in [-0.25, -0.2) is 0 Å². The first-order valence-electron chi connectivity index (χ1n) is 11.3. The van der Waals surface area contributed by atoms with Crippen LogP contribution in [0.25, 0.3) is 0 Å². The molecule has 2 aliphatic heterocycles. The number of rotatable bonds is 5. The zero-order chi connectivity index (χ0) is 22.5. The van der Waals surface area contributed by atoms with Crippen LogP contribution in [-0.4, -0.2) is 81.1 Å². The molecule has 170 valence electrons. The maximum Gasteiger partial charge on any atom is 0.256 e. The minimum absolute atomic E-state index is 0.0759. The number of hydrogen-bond donors (Lipinski definition) is 1. The number of carbonyl (C=O) groups is 2. The molecule has 0 unspecified atom stereocenters. The van der Waals surface area contributed by atoms with E-state index in [1.807, 2.05) is 41.3 Å². The van der Waals surface area contributed by atoms with Gasteiger partial charge in [0, 0.05) is 56.6 Å². The molecule has 7 heteroatoms. The molecular weight excluding hydrogens is 404 g/mol. The summed E-state index contributed by atoms with van der Waals surface area (Å²) in [4.78, 5) is 32.3. The van der Waals surface area contributed by atoms with Crippen molar-refractivity contribution in [2.75, 3.05) is 58.3 Å². The van der Waals surface area contributed by atoms with Crippen LogP contribution in [0, 0.1) is 0 Å². The van der Waals surface area contributed by atoms with Gasteiger partial charge in [-0.15, -0.1) is 0 Å². The number of nitrogens with one attached hydrogen (secondary N) is 1. The Morgan fingerprint density at radius 2 is 1.66 bits per heavy atom. The lowest BCUT2D eigenvalue weighted by Crippen LogP contribution is -2.48. The summed E-state index contributed by atoms with van der Waals surface area (Å²) in [6.07, 6.45) is 1.68. The first-order valence-corrected chi connectivity index (χ1v) is 11.3. The van der Waals surface area contributed by atoms with Crippen molar-refractivity contribution in [3.05, 3.63) is 59.7 Å². The minimum Gasteiger partial charge on any atom is -0.497 e. The number of piperazine rings is 1. The molecular formula is C25H32N4O3. The fourth-order valence-corrected chi connectivity index (χ4v) is 4.41. The lowest BCUT2D eigenvalue weighted by atomic mass is 10.0. The summed E-state index contributed by atoms with van der Waals surface area (Å²) in [5, 5.41) is 3.15. The highest BCUT2D eigenvalue weighted by molar-refractivity contribution is 6.00. The highest BCUT2D eigenvalue weighted by Gasteiger charge is 2.27. The van der Waals surface area contributed by atoms with E-state index in [4.69, 9.17) is 4.74 Å². The zero-order valence-electron chi connectivity index (χ0n) is 18.9. The van der Waals surface area contributed by atoms with Crippen molar-refractivity contribution in [3.63, 3.8) is 0 Å². The van der Waals surface area contributed by atoms with E-state index in [9.17, 15) is 9.59 Å². The van der Waals surface area contributed by atoms with E-state index < -0.39 is 0 Å². The van der Waals surface area contributed by atoms with Crippen LogP contribution in [-0.2, 0) is 0 Å². The van der Waals surface area contributed by atoms with Gasteiger partial charge >= 0.3 is 0 Å². The number of benzene rings is 2. The van der Waals surface area contributed by atoms with Gasteiger partial charge in [0.15, 0.2) is 0 Å². The Hall–Kier alpha value is -3.06. The van der Waals surface area contributed by atoms with Crippen LogP contribution in [0.5, 0.6) is 5.75 Å². The van der Waals surface area contributed by atoms with Crippen molar-refractivity contribution in [2.45, 2.75) is 18.9 Å². The summed E-state index contributed by atoms with van der Waals surface area (Å²) in [5.41, 5.74) is 2.37. The molecule has 4 rings (SSSR count). The topological polar surface area (TPSA) is 65.1 Å². The highest BCUT2D eigenvalue weighted by atomic mass is 16.5. The van der Waals surface area contributed by atoms with Crippen LogP contribution in [0.15, 0.2) is 48.5 Å². The standard InChI is InChI=1S/C25H32N4O3/c1-27-14-16-29(17-15-27)25(31)22-8-3-4-9-23(22)28-12-10-20(11-13-28)26-24(30)19-6-5-7-21(18-19)32-2/h3-9,18,20H,10-17H2,1-2H3,(H,26,30). The summed E-state index contributed by atoms with van der Waals surface area (Å²) in [6.45, 7) is 4.95. The Morgan fingerprint density at radius 3 is 2.38 bits per heavy atom. The number of hydrogen-bond acceptors (Lipinski definition) is 5. The third kappa shape index (κ3) is 5.05. The molecule has 0 aromatic heterocycles. The van der Waals surface area contributed by atoms with Crippen LogP contribution in [0.3, 0.4) is 0 Å². The van der Waals surface area contributed by atoms with Crippen LogP contribution in [0.1, 0.15) is 33.6 Å². The van der Waals surface area contributed by atoms with Gasteiger partial charge in [-0.05, 0) is 50.2 Å². The predicted octanol–water partition coefficient (Wildman–Crippen LogP) is 2.48. The van der Waals surface area contributed by atoms with Crippen molar-refractivity contribution in [3.8, 4) is 5.75 Å². The molecule has 0 radical (unpaired) electrons. The summed E-state index contributed by atoms with van der Waals surface area (Å²) in [5.74, 6) is 0.712. The van der Waals surface area contributed by atoms with E-state index in [1.54, 1.807) is 19.2 Å². The van der Waals surface area contributed by atoms with Gasteiger partial charge in [0.1, 0.15) is 5.75 Å². The fourth-order valence-electron chi connectivity index (χ4n) is 4.41. The van der Waals surface area contributed by atoms with Crippen molar-refractivity contribution >= 4 is 17.5 Å². The average molecular weight is 437 g/mol. The molecule has 0 bridgehead atoms. The zero-order valence-corrected chi connectivity index (χ0v) is 18.9. The molecule has 2 aliphatic rings. The van der Waals surface area contributed by atoms with E-state index in [0.29, 0.717) is 11.3 Å². The van der Waals surface area contributed by atoms with E-state index >= 15 is 0 Å². The molecule has 7 nitrogen and oxygen atoms in total. The van der Waals surface area contributed by atoms with Crippen molar-refractivity contribution < 1.29 is 14.3 Å². The first kappa shape index (κ1) is 22.1. The van der Waals surface area contributed by atoms with Crippen LogP contribution in [0.4, 0.5) is 5.69 Å². The number of methoxy groups -OCH3 is 1. The van der Waals surface area contributed by atoms with Crippen molar-refractivity contribution in [1.82, 2.24) is 15.1 Å². The molecule has 1 N–H and O–H groups in total. The summed E-state index contributed by atoms with van der Waals surface area (Å²) in [6, 6.07) is 15.2. The van der Waals surface area contributed by atoms with Crippen LogP contribution in [0.2, 0.25) is 0 Å². The van der Waals surface area contributed by atoms with E-state index in [2.05, 4.69) is 22.2 Å². The first-order chi connectivity index (χ1) is 15.5. The van der Waals surface area contributed by atoms with Crippen molar-refractivity contribution in [2.24, 2.45) is 0 Å². The fraction of sp³-hybridized carbons (Fsp3) is 0.440. The third-order valence-corrected chi connectivity index (χ3v) is 6.43. The minimum atomic E-state index is -0.0759. The molecule has 2 aromatic rings. The second-order valence-corrected chi connectivity index (χ2v) is 8.58. The van der Waals surface area contributed by atoms with Gasteiger partial charge in [0.25, 0.3) is 11.8 Å². The summed E-state index contributed by atoms with van der Waals surface area (Å²) < 4.78 is 5.22. The number of ether oxygens (including phenoxy) is 1. The van der Waals surface area contributed by atoms with Crippen LogP contribution < -0.4 is 15.0 Å². The normalized spacial score (nSPS) is 17.8. The second kappa shape index (κ2) is 10.0. The molecule has 0 atom stereocenters. The molecule has 2 saturated heterocycles. The Kier molecular flexibility index (Phi) is 6.95. The Balaban J connectivity index is 1.37. The Bertz CT molecular complexity index is 948. The van der Waals surface area contributed by atoms with E-state index in [-0.39, 0.29) is 17.9 Å². The summed E-state index contributed by atoms with van der Waals surface area (Å²) >= 11 is 0. The van der Waals surface area contributed by atoms with Gasteiger partial charge in [-0.1, -0.05) is 18.2 Å². The average Bonchev–Trinajstić information content (AvgIpc) is 2.84. The lowest BCUT2D eigenvalue weighted by molar-refractivity contribution is 0.0664. The lowest BCUT2D eigenvalue weighted by Gasteiger charge is -2.36. The number of likely N-dealkylation sites (N-methyl/N-ethyl adjacent to an activating group) is 1. The van der Waals surface area contributed by atoms with Gasteiger partial charge in [-0.2, -0.15) is 0 Å². The smallest absolute Gasteiger partial charge is 0.256 e. The van der Waals surface area contributed by atoms with Gasteiger partial charge in [-0.3, -0.25) is 9.59 Å². The maximum atomic E-state index is 13.2. The predicted molar refractivity (Wildman–Crippen MR) is 126 cm³/mol. The second-order valence-electron chi connectivity index (χ2n) is 8.58. The number of carbonyl (C=O) groups excluding carboxylic acids is 2. The highest BCUT2D eigenvalue weighted by Crippen LogP contribution is 2.26. The van der Waals surface area contributed by atoms with E-state index in [0.717, 1.165) is 63.4 Å². The molecule has 2 amide bonds. The Labute approximate surface area is 189 Å². The molecule has 32 heavy (non-hydrogen) atoms. The van der Waals surface area contributed by atoms with Gasteiger partial charge in [0.2, 0.25) is 0 Å².